The van der Waals surface area contributed by atoms with Crippen LogP contribution in [0.2, 0.25) is 0 Å². The maximum Gasteiger partial charge on any atom is 0.240 e. The average Bonchev–Trinajstić information content (AvgIpc) is 2.75. The summed E-state index contributed by atoms with van der Waals surface area (Å²) in [5.41, 5.74) is 3.91. The maximum atomic E-state index is 5.07. The van der Waals surface area contributed by atoms with Gasteiger partial charge >= 0.3 is 0 Å². The number of aryl methyl sites for hydroxylation is 3. The summed E-state index contributed by atoms with van der Waals surface area (Å²) in [6, 6.07) is 6.78. The van der Waals surface area contributed by atoms with Gasteiger partial charge < -0.3 is 9.84 Å². The van der Waals surface area contributed by atoms with E-state index >= 15 is 0 Å². The highest BCUT2D eigenvalue weighted by Crippen LogP contribution is 2.17. The normalized spacial score (nSPS) is 12.7. The number of hydrogen-bond acceptors (Lipinski definition) is 4. The van der Waals surface area contributed by atoms with E-state index in [1.54, 1.807) is 0 Å². The fourth-order valence-electron chi connectivity index (χ4n) is 1.80. The molecule has 0 aliphatic rings. The van der Waals surface area contributed by atoms with Crippen LogP contribution in [0, 0.1) is 20.8 Å². The molecule has 1 N–H and O–H groups in total. The minimum atomic E-state index is 0.261. The lowest BCUT2D eigenvalue weighted by Gasteiger charge is -2.14. The van der Waals surface area contributed by atoms with Crippen LogP contribution in [0.5, 0.6) is 0 Å². The molecule has 0 saturated heterocycles. The number of aromatic nitrogens is 2. The van der Waals surface area contributed by atoms with Crippen molar-refractivity contribution < 1.29 is 4.52 Å². The maximum absolute atomic E-state index is 5.07. The second-order valence-corrected chi connectivity index (χ2v) is 4.68. The fraction of sp³-hybridized carbons (Fsp3) is 0.429. The quantitative estimate of drug-likeness (QED) is 0.900. The number of nitrogens with one attached hydrogen (secondary N) is 1. The van der Waals surface area contributed by atoms with Crippen LogP contribution in [0.1, 0.15) is 41.4 Å². The summed E-state index contributed by atoms with van der Waals surface area (Å²) >= 11 is 0. The molecule has 4 heteroatoms. The topological polar surface area (TPSA) is 51.0 Å². The number of hydrogen-bond donors (Lipinski definition) is 1. The summed E-state index contributed by atoms with van der Waals surface area (Å²) in [5.74, 6) is 1.30. The Balaban J connectivity index is 1.99. The first-order valence-corrected chi connectivity index (χ1v) is 6.16. The van der Waals surface area contributed by atoms with Crippen LogP contribution in [-0.4, -0.2) is 10.1 Å². The van der Waals surface area contributed by atoms with Crippen molar-refractivity contribution in [2.75, 3.05) is 0 Å². The van der Waals surface area contributed by atoms with Crippen molar-refractivity contribution in [1.29, 1.82) is 0 Å². The van der Waals surface area contributed by atoms with E-state index in [1.165, 1.54) is 16.7 Å². The van der Waals surface area contributed by atoms with E-state index in [2.05, 4.69) is 54.4 Å². The molecular weight excluding hydrogens is 226 g/mol. The van der Waals surface area contributed by atoms with Crippen LogP contribution in [0.25, 0.3) is 0 Å². The molecule has 0 radical (unpaired) electrons. The van der Waals surface area contributed by atoms with Crippen LogP contribution in [-0.2, 0) is 6.54 Å². The standard InChI is InChI=1S/C14H19N3O/c1-9-5-6-13(7-10(9)2)11(3)15-8-14-16-12(4)17-18-14/h5-7,11,15H,8H2,1-4H3. The Morgan fingerprint density at radius 1 is 1.22 bits per heavy atom. The van der Waals surface area contributed by atoms with Gasteiger partial charge in [-0.1, -0.05) is 23.4 Å². The van der Waals surface area contributed by atoms with Crippen molar-refractivity contribution >= 4 is 0 Å². The van der Waals surface area contributed by atoms with E-state index in [-0.39, 0.29) is 6.04 Å². The van der Waals surface area contributed by atoms with Crippen LogP contribution in [0.3, 0.4) is 0 Å². The highest BCUT2D eigenvalue weighted by atomic mass is 16.5. The van der Waals surface area contributed by atoms with E-state index in [0.717, 1.165) is 0 Å². The molecule has 2 aromatic rings. The van der Waals surface area contributed by atoms with Gasteiger partial charge in [-0.05, 0) is 44.4 Å². The van der Waals surface area contributed by atoms with E-state index in [9.17, 15) is 0 Å². The summed E-state index contributed by atoms with van der Waals surface area (Å²) in [5, 5.41) is 7.15. The summed E-state index contributed by atoms with van der Waals surface area (Å²) in [7, 11) is 0. The second-order valence-electron chi connectivity index (χ2n) is 4.68. The minimum absolute atomic E-state index is 0.261. The van der Waals surface area contributed by atoms with Crippen molar-refractivity contribution in [1.82, 2.24) is 15.5 Å². The highest BCUT2D eigenvalue weighted by molar-refractivity contribution is 5.31. The molecule has 1 atom stereocenters. The molecule has 2 rings (SSSR count). The highest BCUT2D eigenvalue weighted by Gasteiger charge is 2.08. The number of rotatable bonds is 4. The van der Waals surface area contributed by atoms with Gasteiger partial charge in [-0.2, -0.15) is 4.98 Å². The van der Waals surface area contributed by atoms with Gasteiger partial charge in [0.15, 0.2) is 5.82 Å². The van der Waals surface area contributed by atoms with Crippen LogP contribution >= 0.6 is 0 Å². The third-order valence-corrected chi connectivity index (χ3v) is 3.16. The van der Waals surface area contributed by atoms with Gasteiger partial charge in [0.05, 0.1) is 6.54 Å². The predicted octanol–water partition coefficient (Wildman–Crippen LogP) is 2.85. The van der Waals surface area contributed by atoms with Crippen molar-refractivity contribution in [3.63, 3.8) is 0 Å². The van der Waals surface area contributed by atoms with E-state index in [4.69, 9.17) is 4.52 Å². The van der Waals surface area contributed by atoms with Crippen molar-refractivity contribution in [2.45, 2.75) is 40.3 Å². The lowest BCUT2D eigenvalue weighted by molar-refractivity contribution is 0.357. The van der Waals surface area contributed by atoms with Gasteiger partial charge in [-0.25, -0.2) is 0 Å². The van der Waals surface area contributed by atoms with E-state index in [1.807, 2.05) is 6.92 Å². The molecule has 1 unspecified atom stereocenters. The predicted molar refractivity (Wildman–Crippen MR) is 70.2 cm³/mol. The lowest BCUT2D eigenvalue weighted by atomic mass is 10.0. The Bertz CT molecular complexity index is 534. The van der Waals surface area contributed by atoms with Crippen LogP contribution in [0.4, 0.5) is 0 Å². The first-order chi connectivity index (χ1) is 8.56. The third-order valence-electron chi connectivity index (χ3n) is 3.16. The van der Waals surface area contributed by atoms with Gasteiger partial charge in [0, 0.05) is 6.04 Å². The summed E-state index contributed by atoms with van der Waals surface area (Å²) < 4.78 is 5.07. The summed E-state index contributed by atoms with van der Waals surface area (Å²) in [4.78, 5) is 4.17. The number of nitrogens with zero attached hydrogens (tertiary/aromatic N) is 2. The lowest BCUT2D eigenvalue weighted by Crippen LogP contribution is -2.18. The molecule has 1 aromatic carbocycles. The Labute approximate surface area is 107 Å². The number of benzene rings is 1. The van der Waals surface area contributed by atoms with Crippen molar-refractivity contribution in [3.8, 4) is 0 Å². The van der Waals surface area contributed by atoms with Gasteiger partial charge in [0.2, 0.25) is 5.89 Å². The van der Waals surface area contributed by atoms with Gasteiger partial charge in [0.1, 0.15) is 0 Å². The molecule has 0 amide bonds. The van der Waals surface area contributed by atoms with Gasteiger partial charge in [-0.15, -0.1) is 0 Å². The SMILES string of the molecule is Cc1noc(CNC(C)c2ccc(C)c(C)c2)n1. The van der Waals surface area contributed by atoms with Gasteiger partial charge in [-0.3, -0.25) is 0 Å². The molecule has 4 nitrogen and oxygen atoms in total. The van der Waals surface area contributed by atoms with E-state index in [0.29, 0.717) is 18.3 Å². The molecule has 1 aromatic heterocycles. The zero-order valence-corrected chi connectivity index (χ0v) is 11.3. The van der Waals surface area contributed by atoms with Crippen molar-refractivity contribution in [3.05, 3.63) is 46.6 Å². The Morgan fingerprint density at radius 3 is 2.61 bits per heavy atom. The van der Waals surface area contributed by atoms with E-state index < -0.39 is 0 Å². The first kappa shape index (κ1) is 12.8. The average molecular weight is 245 g/mol. The molecule has 1 heterocycles. The van der Waals surface area contributed by atoms with Crippen molar-refractivity contribution in [2.24, 2.45) is 0 Å². The molecule has 0 aliphatic heterocycles. The molecule has 18 heavy (non-hydrogen) atoms. The molecule has 96 valence electrons. The second kappa shape index (κ2) is 5.31. The Kier molecular flexibility index (Phi) is 3.77. The Hall–Kier alpha value is -1.68. The Morgan fingerprint density at radius 2 is 2.00 bits per heavy atom. The summed E-state index contributed by atoms with van der Waals surface area (Å²) in [6.07, 6.45) is 0. The molecule has 0 saturated carbocycles. The van der Waals surface area contributed by atoms with Gasteiger partial charge in [0.25, 0.3) is 0 Å². The molecule has 0 bridgehead atoms. The molecular formula is C14H19N3O. The first-order valence-electron chi connectivity index (χ1n) is 6.16. The third kappa shape index (κ3) is 2.96. The zero-order valence-electron chi connectivity index (χ0n) is 11.3. The largest absolute Gasteiger partial charge is 0.338 e. The van der Waals surface area contributed by atoms with Crippen LogP contribution in [0.15, 0.2) is 22.7 Å². The molecule has 0 aliphatic carbocycles. The zero-order chi connectivity index (χ0) is 13.1. The smallest absolute Gasteiger partial charge is 0.240 e. The minimum Gasteiger partial charge on any atom is -0.338 e. The fourth-order valence-corrected chi connectivity index (χ4v) is 1.80. The molecule has 0 spiro atoms. The van der Waals surface area contributed by atoms with Crippen LogP contribution < -0.4 is 5.32 Å². The monoisotopic (exact) mass is 245 g/mol. The summed E-state index contributed by atoms with van der Waals surface area (Å²) in [6.45, 7) is 8.80. The molecule has 0 fully saturated rings.